The molecule has 1 aliphatic rings. The van der Waals surface area contributed by atoms with Crippen molar-refractivity contribution >= 4 is 5.97 Å². The smallest absolute Gasteiger partial charge is 0.304 e. The molecule has 1 atom stereocenters. The van der Waals surface area contributed by atoms with Gasteiger partial charge in [0.1, 0.15) is 0 Å². The highest BCUT2D eigenvalue weighted by Crippen LogP contribution is 2.09. The van der Waals surface area contributed by atoms with Crippen molar-refractivity contribution in [2.45, 2.75) is 26.2 Å². The van der Waals surface area contributed by atoms with Gasteiger partial charge in [-0.3, -0.25) is 4.79 Å². The first-order chi connectivity index (χ1) is 7.18. The van der Waals surface area contributed by atoms with Gasteiger partial charge in [-0.05, 0) is 38.4 Å². The topological polar surface area (TPSA) is 52.6 Å². The molecular formula is C11H22N2O2. The summed E-state index contributed by atoms with van der Waals surface area (Å²) in [6.07, 6.45) is 2.88. The largest absolute Gasteiger partial charge is 0.481 e. The van der Waals surface area contributed by atoms with Crippen LogP contribution in [0.1, 0.15) is 26.2 Å². The van der Waals surface area contributed by atoms with E-state index in [-0.39, 0.29) is 6.42 Å². The molecule has 1 saturated heterocycles. The maximum absolute atomic E-state index is 10.3. The lowest BCUT2D eigenvalue weighted by molar-refractivity contribution is -0.136. The van der Waals surface area contributed by atoms with Gasteiger partial charge in [-0.2, -0.15) is 0 Å². The molecule has 0 aromatic carbocycles. The highest BCUT2D eigenvalue weighted by atomic mass is 16.4. The van der Waals surface area contributed by atoms with Crippen LogP contribution in [0.3, 0.4) is 0 Å². The molecule has 88 valence electrons. The van der Waals surface area contributed by atoms with E-state index in [1.54, 1.807) is 0 Å². The van der Waals surface area contributed by atoms with Crippen molar-refractivity contribution in [1.29, 1.82) is 0 Å². The first-order valence-corrected chi connectivity index (χ1v) is 5.83. The van der Waals surface area contributed by atoms with Crippen LogP contribution >= 0.6 is 0 Å². The first-order valence-electron chi connectivity index (χ1n) is 5.83. The van der Waals surface area contributed by atoms with Crippen LogP contribution in [0.5, 0.6) is 0 Å². The number of carboxylic acids is 1. The van der Waals surface area contributed by atoms with E-state index in [9.17, 15) is 4.79 Å². The lowest BCUT2D eigenvalue weighted by atomic mass is 10.1. The van der Waals surface area contributed by atoms with Crippen LogP contribution in [0.4, 0.5) is 0 Å². The van der Waals surface area contributed by atoms with Crippen molar-refractivity contribution in [3.63, 3.8) is 0 Å². The van der Waals surface area contributed by atoms with E-state index in [0.717, 1.165) is 13.1 Å². The number of carbonyl (C=O) groups is 1. The minimum absolute atomic E-state index is 0.219. The molecule has 0 aromatic heterocycles. The first kappa shape index (κ1) is 12.5. The molecule has 1 aliphatic heterocycles. The monoisotopic (exact) mass is 214 g/mol. The lowest BCUT2D eigenvalue weighted by Gasteiger charge is -2.20. The zero-order valence-corrected chi connectivity index (χ0v) is 9.54. The molecule has 2 N–H and O–H groups in total. The zero-order chi connectivity index (χ0) is 11.1. The third-order valence-corrected chi connectivity index (χ3v) is 2.78. The molecular weight excluding hydrogens is 192 g/mol. The van der Waals surface area contributed by atoms with Crippen LogP contribution in [-0.2, 0) is 4.79 Å². The van der Waals surface area contributed by atoms with Crippen LogP contribution in [0.15, 0.2) is 0 Å². The summed E-state index contributed by atoms with van der Waals surface area (Å²) >= 11 is 0. The standard InChI is InChI=1S/C11H22N2O2/c1-10(8-12-5-4-11(14)15)9-13-6-2-3-7-13/h10,12H,2-9H2,1H3,(H,14,15). The van der Waals surface area contributed by atoms with Gasteiger partial charge in [0, 0.05) is 13.1 Å². The fraction of sp³-hybridized carbons (Fsp3) is 0.909. The summed E-state index contributed by atoms with van der Waals surface area (Å²) in [7, 11) is 0. The number of nitrogens with one attached hydrogen (secondary N) is 1. The van der Waals surface area contributed by atoms with Crippen molar-refractivity contribution in [3.8, 4) is 0 Å². The predicted molar refractivity (Wildman–Crippen MR) is 60.0 cm³/mol. The van der Waals surface area contributed by atoms with Crippen molar-refractivity contribution in [2.75, 3.05) is 32.7 Å². The third-order valence-electron chi connectivity index (χ3n) is 2.78. The van der Waals surface area contributed by atoms with Crippen LogP contribution in [-0.4, -0.2) is 48.7 Å². The summed E-state index contributed by atoms with van der Waals surface area (Å²) in [5.41, 5.74) is 0. The van der Waals surface area contributed by atoms with Gasteiger partial charge in [0.05, 0.1) is 6.42 Å². The second-order valence-electron chi connectivity index (χ2n) is 4.46. The summed E-state index contributed by atoms with van der Waals surface area (Å²) in [5.74, 6) is -0.119. The normalized spacial score (nSPS) is 19.3. The summed E-state index contributed by atoms with van der Waals surface area (Å²) in [6.45, 7) is 7.33. The Morgan fingerprint density at radius 2 is 2.13 bits per heavy atom. The van der Waals surface area contributed by atoms with E-state index in [1.807, 2.05) is 0 Å². The zero-order valence-electron chi connectivity index (χ0n) is 9.54. The Morgan fingerprint density at radius 1 is 1.47 bits per heavy atom. The molecule has 0 radical (unpaired) electrons. The molecule has 15 heavy (non-hydrogen) atoms. The van der Waals surface area contributed by atoms with Gasteiger partial charge in [0.2, 0.25) is 0 Å². The maximum atomic E-state index is 10.3. The van der Waals surface area contributed by atoms with E-state index in [2.05, 4.69) is 17.1 Å². The van der Waals surface area contributed by atoms with Gasteiger partial charge in [-0.1, -0.05) is 6.92 Å². The molecule has 0 amide bonds. The molecule has 0 aliphatic carbocycles. The Labute approximate surface area is 91.6 Å². The van der Waals surface area contributed by atoms with Gasteiger partial charge in [-0.25, -0.2) is 0 Å². The number of carboxylic acid groups (broad SMARTS) is 1. The minimum atomic E-state index is -0.727. The Hall–Kier alpha value is -0.610. The van der Waals surface area contributed by atoms with Crippen LogP contribution in [0.25, 0.3) is 0 Å². The summed E-state index contributed by atoms with van der Waals surface area (Å²) in [5, 5.41) is 11.6. The molecule has 0 bridgehead atoms. The van der Waals surface area contributed by atoms with Crippen molar-refractivity contribution in [3.05, 3.63) is 0 Å². The molecule has 1 heterocycles. The Bertz CT molecular complexity index is 191. The molecule has 4 nitrogen and oxygen atoms in total. The maximum Gasteiger partial charge on any atom is 0.304 e. The fourth-order valence-electron chi connectivity index (χ4n) is 2.01. The van der Waals surface area contributed by atoms with Crippen LogP contribution in [0, 0.1) is 5.92 Å². The Balaban J connectivity index is 1.97. The molecule has 4 heteroatoms. The van der Waals surface area contributed by atoms with E-state index in [4.69, 9.17) is 5.11 Å². The number of likely N-dealkylation sites (tertiary alicyclic amines) is 1. The van der Waals surface area contributed by atoms with Gasteiger partial charge in [0.25, 0.3) is 0 Å². The molecule has 0 saturated carbocycles. The molecule has 0 spiro atoms. The summed E-state index contributed by atoms with van der Waals surface area (Å²) in [4.78, 5) is 12.8. The quantitative estimate of drug-likeness (QED) is 0.615. The van der Waals surface area contributed by atoms with Gasteiger partial charge in [-0.15, -0.1) is 0 Å². The second-order valence-corrected chi connectivity index (χ2v) is 4.46. The molecule has 1 unspecified atom stereocenters. The number of nitrogens with zero attached hydrogens (tertiary/aromatic N) is 1. The number of aliphatic carboxylic acids is 1. The molecule has 0 aromatic rings. The van der Waals surface area contributed by atoms with Crippen molar-refractivity contribution < 1.29 is 9.90 Å². The average Bonchev–Trinajstić information content (AvgIpc) is 2.64. The fourth-order valence-corrected chi connectivity index (χ4v) is 2.01. The summed E-state index contributed by atoms with van der Waals surface area (Å²) < 4.78 is 0. The van der Waals surface area contributed by atoms with Crippen LogP contribution in [0.2, 0.25) is 0 Å². The van der Waals surface area contributed by atoms with Crippen molar-refractivity contribution in [2.24, 2.45) is 5.92 Å². The lowest BCUT2D eigenvalue weighted by Crippen LogP contribution is -2.32. The SMILES string of the molecule is CC(CNCCC(=O)O)CN1CCCC1. The highest BCUT2D eigenvalue weighted by molar-refractivity contribution is 5.66. The van der Waals surface area contributed by atoms with Gasteiger partial charge in [0.15, 0.2) is 0 Å². The average molecular weight is 214 g/mol. The minimum Gasteiger partial charge on any atom is -0.481 e. The Kier molecular flexibility index (Phi) is 5.65. The second kappa shape index (κ2) is 6.80. The highest BCUT2D eigenvalue weighted by Gasteiger charge is 2.14. The molecule has 1 fully saturated rings. The van der Waals surface area contributed by atoms with Gasteiger partial charge >= 0.3 is 5.97 Å². The van der Waals surface area contributed by atoms with E-state index in [1.165, 1.54) is 25.9 Å². The van der Waals surface area contributed by atoms with Crippen LogP contribution < -0.4 is 5.32 Å². The van der Waals surface area contributed by atoms with E-state index < -0.39 is 5.97 Å². The molecule has 1 rings (SSSR count). The van der Waals surface area contributed by atoms with Gasteiger partial charge < -0.3 is 15.3 Å². The number of hydrogen-bond donors (Lipinski definition) is 2. The summed E-state index contributed by atoms with van der Waals surface area (Å²) in [6, 6.07) is 0. The Morgan fingerprint density at radius 3 is 2.73 bits per heavy atom. The van der Waals surface area contributed by atoms with E-state index >= 15 is 0 Å². The third kappa shape index (κ3) is 5.74. The predicted octanol–water partition coefficient (Wildman–Crippen LogP) is 0.783. The number of hydrogen-bond acceptors (Lipinski definition) is 3. The number of rotatable bonds is 7. The van der Waals surface area contributed by atoms with E-state index in [0.29, 0.717) is 12.5 Å². The van der Waals surface area contributed by atoms with Crippen molar-refractivity contribution in [1.82, 2.24) is 10.2 Å².